The van der Waals surface area contributed by atoms with E-state index in [9.17, 15) is 28.9 Å². The van der Waals surface area contributed by atoms with E-state index in [1.165, 1.54) is 0 Å². The van der Waals surface area contributed by atoms with Gasteiger partial charge in [0.1, 0.15) is 12.1 Å². The topological polar surface area (TPSA) is 171 Å². The monoisotopic (exact) mass is 532 g/mol. The minimum Gasteiger partial charge on any atom is -0.391 e. The predicted octanol–water partition coefficient (Wildman–Crippen LogP) is 1.58. The minimum atomic E-state index is -3.52. The van der Waals surface area contributed by atoms with E-state index in [0.29, 0.717) is 0 Å². The van der Waals surface area contributed by atoms with Gasteiger partial charge in [-0.05, 0) is 36.5 Å². The van der Waals surface area contributed by atoms with Crippen LogP contribution < -0.4 is 21.7 Å². The predicted molar refractivity (Wildman–Crippen MR) is 142 cm³/mol. The molecule has 1 aliphatic carbocycles. The van der Waals surface area contributed by atoms with Crippen LogP contribution in [0.15, 0.2) is 0 Å². The Kier molecular flexibility index (Phi) is 13.6. The Labute approximate surface area is 216 Å². The molecule has 1 saturated carbocycles. The van der Waals surface area contributed by atoms with Gasteiger partial charge < -0.3 is 31.7 Å². The highest BCUT2D eigenvalue weighted by molar-refractivity contribution is 7.58. The number of aliphatic hydroxyl groups excluding tert-OH is 1. The summed E-state index contributed by atoms with van der Waals surface area (Å²) in [7, 11) is -3.52. The van der Waals surface area contributed by atoms with Gasteiger partial charge in [-0.1, -0.05) is 60.8 Å². The van der Waals surface area contributed by atoms with Crippen molar-refractivity contribution in [3.05, 3.63) is 0 Å². The summed E-state index contributed by atoms with van der Waals surface area (Å²) < 4.78 is 12.6. The van der Waals surface area contributed by atoms with Crippen LogP contribution in [0, 0.1) is 23.7 Å². The Hall–Kier alpha value is -1.48. The molecule has 11 heteroatoms. The maximum absolute atomic E-state index is 13.0. The summed E-state index contributed by atoms with van der Waals surface area (Å²) in [5.41, 5.74) is 5.90. The molecule has 1 aliphatic rings. The van der Waals surface area contributed by atoms with Crippen LogP contribution in [0.3, 0.4) is 0 Å². The molecule has 0 aliphatic heterocycles. The van der Waals surface area contributed by atoms with Gasteiger partial charge >= 0.3 is 0 Å². The Balaban J connectivity index is 2.68. The third kappa shape index (κ3) is 11.3. The molecule has 10 nitrogen and oxygen atoms in total. The van der Waals surface area contributed by atoms with Crippen molar-refractivity contribution in [2.75, 3.05) is 18.9 Å². The lowest BCUT2D eigenvalue weighted by molar-refractivity contribution is -0.134. The molecule has 0 radical (unpaired) electrons. The van der Waals surface area contributed by atoms with E-state index in [-0.39, 0.29) is 42.5 Å². The first kappa shape index (κ1) is 32.5. The summed E-state index contributed by atoms with van der Waals surface area (Å²) in [6, 6.07) is -2.54. The van der Waals surface area contributed by atoms with E-state index >= 15 is 0 Å². The molecule has 3 amide bonds. The van der Waals surface area contributed by atoms with Crippen molar-refractivity contribution in [3.8, 4) is 0 Å². The molecule has 0 aromatic carbocycles. The van der Waals surface area contributed by atoms with Crippen molar-refractivity contribution >= 4 is 25.1 Å². The highest BCUT2D eigenvalue weighted by Gasteiger charge is 2.33. The second kappa shape index (κ2) is 15.1. The van der Waals surface area contributed by atoms with Crippen LogP contribution in [0.2, 0.25) is 0 Å². The van der Waals surface area contributed by atoms with Gasteiger partial charge in [-0.2, -0.15) is 0 Å². The average molecular weight is 533 g/mol. The number of aliphatic hydroxyl groups is 1. The van der Waals surface area contributed by atoms with Crippen LogP contribution >= 0.6 is 7.37 Å². The fourth-order valence-electron chi connectivity index (χ4n) is 4.44. The zero-order valence-electron chi connectivity index (χ0n) is 22.8. The van der Waals surface area contributed by atoms with Crippen LogP contribution in [0.25, 0.3) is 0 Å². The van der Waals surface area contributed by atoms with Crippen LogP contribution in [0.4, 0.5) is 0 Å². The van der Waals surface area contributed by atoms with Crippen molar-refractivity contribution in [1.82, 2.24) is 16.0 Å². The molecular formula is C25H49N4O6P. The molecule has 0 aromatic rings. The van der Waals surface area contributed by atoms with Gasteiger partial charge in [-0.15, -0.1) is 0 Å². The van der Waals surface area contributed by atoms with Crippen molar-refractivity contribution in [2.45, 2.75) is 97.9 Å². The summed E-state index contributed by atoms with van der Waals surface area (Å²) in [5, 5.41) is 18.3. The zero-order chi connectivity index (χ0) is 27.6. The summed E-state index contributed by atoms with van der Waals surface area (Å²) >= 11 is 0. The first-order valence-electron chi connectivity index (χ1n) is 13.3. The summed E-state index contributed by atoms with van der Waals surface area (Å²) in [4.78, 5) is 48.6. The highest BCUT2D eigenvalue weighted by Crippen LogP contribution is 2.45. The Morgan fingerprint density at radius 2 is 1.36 bits per heavy atom. The number of hydrogen-bond donors (Lipinski definition) is 6. The third-order valence-electron chi connectivity index (χ3n) is 6.79. The Morgan fingerprint density at radius 3 is 1.86 bits per heavy atom. The molecule has 7 N–H and O–H groups in total. The Morgan fingerprint density at radius 1 is 0.861 bits per heavy atom. The largest absolute Gasteiger partial charge is 0.391 e. The smallest absolute Gasteiger partial charge is 0.243 e. The number of carbonyl (C=O) groups is 3. The maximum Gasteiger partial charge on any atom is 0.243 e. The van der Waals surface area contributed by atoms with Crippen LogP contribution in [0.1, 0.15) is 73.6 Å². The minimum absolute atomic E-state index is 0.0987. The Bertz CT molecular complexity index is 770. The number of rotatable bonds is 14. The van der Waals surface area contributed by atoms with Gasteiger partial charge in [0.15, 0.2) is 0 Å². The highest BCUT2D eigenvalue weighted by atomic mass is 31.2. The summed E-state index contributed by atoms with van der Waals surface area (Å²) in [5.74, 6) is -1.85. The van der Waals surface area contributed by atoms with Gasteiger partial charge in [0.2, 0.25) is 25.1 Å². The first-order valence-corrected chi connectivity index (χ1v) is 15.3. The molecule has 1 rings (SSSR count). The molecule has 0 bridgehead atoms. The second-order valence-corrected chi connectivity index (χ2v) is 13.8. The van der Waals surface area contributed by atoms with Crippen molar-refractivity contribution in [3.63, 3.8) is 0 Å². The van der Waals surface area contributed by atoms with E-state index < -0.39 is 49.3 Å². The standard InChI is InChI=1S/C25H49N4O6P/c1-15(2)20(26)23(31)28-22(17(5)6)25(33)29-21(16(3)4)24(32)27-12-19(30)14-36(34,35)13-18-10-8-7-9-11-18/h15-22,30H,7-14,26H2,1-6H3,(H,27,32)(H,28,31)(H,29,33)(H,34,35). The quantitative estimate of drug-likeness (QED) is 0.184. The molecular weight excluding hydrogens is 483 g/mol. The molecule has 210 valence electrons. The average Bonchev–Trinajstić information content (AvgIpc) is 2.77. The van der Waals surface area contributed by atoms with E-state index in [0.717, 1.165) is 32.1 Å². The van der Waals surface area contributed by atoms with Crippen LogP contribution in [-0.2, 0) is 18.9 Å². The van der Waals surface area contributed by atoms with E-state index in [4.69, 9.17) is 5.73 Å². The fraction of sp³-hybridized carbons (Fsp3) is 0.880. The van der Waals surface area contributed by atoms with E-state index in [1.807, 2.05) is 13.8 Å². The van der Waals surface area contributed by atoms with Crippen molar-refractivity contribution < 1.29 is 28.9 Å². The van der Waals surface area contributed by atoms with E-state index in [1.54, 1.807) is 27.7 Å². The van der Waals surface area contributed by atoms with Crippen LogP contribution in [0.5, 0.6) is 0 Å². The summed E-state index contributed by atoms with van der Waals surface area (Å²) in [6.45, 7) is 10.5. The first-order chi connectivity index (χ1) is 16.6. The number of nitrogens with two attached hydrogens (primary N) is 1. The maximum atomic E-state index is 13.0. The molecule has 0 spiro atoms. The lowest BCUT2D eigenvalue weighted by Crippen LogP contribution is -2.59. The van der Waals surface area contributed by atoms with Gasteiger partial charge in [-0.25, -0.2) is 0 Å². The molecule has 0 aromatic heterocycles. The number of amides is 3. The molecule has 5 atom stereocenters. The third-order valence-corrected chi connectivity index (χ3v) is 8.87. The van der Waals surface area contributed by atoms with E-state index in [2.05, 4.69) is 16.0 Å². The normalized spacial score (nSPS) is 19.9. The molecule has 0 saturated heterocycles. The van der Waals surface area contributed by atoms with Gasteiger partial charge in [0.25, 0.3) is 0 Å². The van der Waals surface area contributed by atoms with Gasteiger partial charge in [-0.3, -0.25) is 18.9 Å². The van der Waals surface area contributed by atoms with Gasteiger partial charge in [0, 0.05) is 12.7 Å². The van der Waals surface area contributed by atoms with Crippen molar-refractivity contribution in [1.29, 1.82) is 0 Å². The summed E-state index contributed by atoms with van der Waals surface area (Å²) in [6.07, 6.45) is 3.92. The number of hydrogen-bond acceptors (Lipinski definition) is 6. The molecule has 36 heavy (non-hydrogen) atoms. The lowest BCUT2D eigenvalue weighted by atomic mass is 9.91. The lowest BCUT2D eigenvalue weighted by Gasteiger charge is -2.28. The molecule has 0 heterocycles. The molecule has 1 fully saturated rings. The van der Waals surface area contributed by atoms with Gasteiger partial charge in [0.05, 0.1) is 18.3 Å². The van der Waals surface area contributed by atoms with Crippen LogP contribution in [-0.4, -0.2) is 70.8 Å². The fourth-order valence-corrected chi connectivity index (χ4v) is 6.54. The van der Waals surface area contributed by atoms with Crippen molar-refractivity contribution in [2.24, 2.45) is 29.4 Å². The zero-order valence-corrected chi connectivity index (χ0v) is 23.7. The second-order valence-electron chi connectivity index (χ2n) is 11.3. The number of carbonyl (C=O) groups excluding carboxylic acids is 3. The number of nitrogens with one attached hydrogen (secondary N) is 3. The molecule has 5 unspecified atom stereocenters. The SMILES string of the molecule is CC(C)C(N)C(=O)NC(C(=O)NC(C(=O)NCC(O)CP(=O)(O)CC1CCCCC1)C(C)C)C(C)C.